The van der Waals surface area contributed by atoms with Crippen LogP contribution in [0.4, 0.5) is 0 Å². The Hall–Kier alpha value is 0.0200. The molecule has 0 radical (unpaired) electrons. The van der Waals surface area contributed by atoms with E-state index >= 15 is 0 Å². The lowest BCUT2D eigenvalue weighted by molar-refractivity contribution is 0.609. The predicted octanol–water partition coefficient (Wildman–Crippen LogP) is 3.10. The second-order valence-corrected chi connectivity index (χ2v) is 5.26. The summed E-state index contributed by atoms with van der Waals surface area (Å²) in [6, 6.07) is 0. The molecule has 1 heterocycles. The van der Waals surface area contributed by atoms with Gasteiger partial charge < -0.3 is 0 Å². The van der Waals surface area contributed by atoms with Gasteiger partial charge in [-0.3, -0.25) is 4.99 Å². The molecule has 0 aromatic heterocycles. The maximum absolute atomic E-state index is 4.67. The van der Waals surface area contributed by atoms with Gasteiger partial charge in [0.2, 0.25) is 0 Å². The topological polar surface area (TPSA) is 12.4 Å². The molecule has 0 saturated carbocycles. The first-order valence-electron chi connectivity index (χ1n) is 4.31. The Morgan fingerprint density at radius 3 is 2.64 bits per heavy atom. The van der Waals surface area contributed by atoms with Crippen molar-refractivity contribution in [2.24, 2.45) is 4.99 Å². The number of hydrogen-bond acceptors (Lipinski definition) is 2. The summed E-state index contributed by atoms with van der Waals surface area (Å²) >= 11 is 2.00. The molecule has 1 nitrogen and oxygen atoms in total. The molecule has 0 fully saturated rings. The molecule has 0 spiro atoms. The van der Waals surface area contributed by atoms with Crippen LogP contribution >= 0.6 is 11.8 Å². The summed E-state index contributed by atoms with van der Waals surface area (Å²) in [4.78, 5) is 4.86. The van der Waals surface area contributed by atoms with Crippen LogP contribution in [0.15, 0.2) is 4.99 Å². The molecule has 2 unspecified atom stereocenters. The van der Waals surface area contributed by atoms with Gasteiger partial charge in [0.05, 0.1) is 0 Å². The number of hydrogen-bond donors (Lipinski definition) is 0. The largest absolute Gasteiger partial charge is 0.276 e. The lowest BCUT2D eigenvalue weighted by Gasteiger charge is -2.19. The van der Waals surface area contributed by atoms with Gasteiger partial charge in [-0.15, -0.1) is 11.8 Å². The average molecular weight is 171 g/mol. The number of aliphatic imine (C=N–C) groups is 1. The van der Waals surface area contributed by atoms with Crippen molar-refractivity contribution in [1.29, 1.82) is 0 Å². The third kappa shape index (κ3) is 1.98. The fourth-order valence-electron chi connectivity index (χ4n) is 1.54. The highest BCUT2D eigenvalue weighted by molar-refractivity contribution is 8.02. The number of nitrogens with zero attached hydrogens (tertiary/aromatic N) is 1. The van der Waals surface area contributed by atoms with Gasteiger partial charge in [0.1, 0.15) is 4.87 Å². The van der Waals surface area contributed by atoms with E-state index in [9.17, 15) is 0 Å². The minimum atomic E-state index is 0.193. The van der Waals surface area contributed by atoms with E-state index in [0.29, 0.717) is 5.25 Å². The summed E-state index contributed by atoms with van der Waals surface area (Å²) in [5.74, 6) is 0. The Balaban J connectivity index is 2.63. The minimum Gasteiger partial charge on any atom is -0.276 e. The van der Waals surface area contributed by atoms with Crippen LogP contribution in [0.3, 0.4) is 0 Å². The highest BCUT2D eigenvalue weighted by Gasteiger charge is 2.32. The van der Waals surface area contributed by atoms with Gasteiger partial charge in [-0.2, -0.15) is 0 Å². The fourth-order valence-corrected chi connectivity index (χ4v) is 3.04. The molecule has 0 bridgehead atoms. The van der Waals surface area contributed by atoms with Crippen molar-refractivity contribution in [3.05, 3.63) is 0 Å². The first-order chi connectivity index (χ1) is 5.07. The third-order valence-corrected chi connectivity index (χ3v) is 3.64. The molecule has 1 aliphatic heterocycles. The smallest absolute Gasteiger partial charge is 0.103 e. The maximum Gasteiger partial charge on any atom is 0.103 e. The Kier molecular flexibility index (Phi) is 2.63. The first-order valence-corrected chi connectivity index (χ1v) is 5.19. The molecule has 0 amide bonds. The Bertz CT molecular complexity index is 176. The summed E-state index contributed by atoms with van der Waals surface area (Å²) < 4.78 is 0. The van der Waals surface area contributed by atoms with E-state index in [0.717, 1.165) is 0 Å². The average Bonchev–Trinajstić information content (AvgIpc) is 2.08. The van der Waals surface area contributed by atoms with Crippen molar-refractivity contribution >= 4 is 17.5 Å². The van der Waals surface area contributed by atoms with Crippen molar-refractivity contribution in [3.8, 4) is 0 Å². The Labute approximate surface area is 73.7 Å². The predicted molar refractivity (Wildman–Crippen MR) is 53.5 cm³/mol. The van der Waals surface area contributed by atoms with E-state index in [1.54, 1.807) is 0 Å². The number of thioether (sulfide) groups is 1. The summed E-state index contributed by atoms with van der Waals surface area (Å²) in [5.41, 5.74) is 1.31. The highest BCUT2D eigenvalue weighted by Crippen LogP contribution is 2.40. The molecule has 1 aliphatic rings. The second-order valence-electron chi connectivity index (χ2n) is 3.44. The third-order valence-electron chi connectivity index (χ3n) is 2.15. The molecule has 0 aromatic rings. The first kappa shape index (κ1) is 9.11. The van der Waals surface area contributed by atoms with E-state index in [1.807, 2.05) is 11.8 Å². The van der Waals surface area contributed by atoms with Crippen molar-refractivity contribution < 1.29 is 0 Å². The van der Waals surface area contributed by atoms with Crippen LogP contribution < -0.4 is 0 Å². The summed E-state index contributed by atoms with van der Waals surface area (Å²) in [6.45, 7) is 8.84. The molecule has 0 aliphatic carbocycles. The standard InChI is InChI=1S/C9H17NS/c1-5-6-9(4)10-7(2)8(3)11-9/h8H,5-6H2,1-4H3. The molecule has 0 saturated heterocycles. The van der Waals surface area contributed by atoms with E-state index in [2.05, 4.69) is 32.7 Å². The SMILES string of the molecule is CCCC1(C)N=C(C)C(C)S1. The monoisotopic (exact) mass is 171 g/mol. The lowest BCUT2D eigenvalue weighted by atomic mass is 10.2. The van der Waals surface area contributed by atoms with E-state index in [-0.39, 0.29) is 4.87 Å². The number of rotatable bonds is 2. The molecule has 0 N–H and O–H groups in total. The summed E-state index contributed by atoms with van der Waals surface area (Å²) in [5, 5.41) is 0.631. The van der Waals surface area contributed by atoms with Gasteiger partial charge in [0.25, 0.3) is 0 Å². The molecule has 2 atom stereocenters. The molecular formula is C9H17NS. The molecular weight excluding hydrogens is 154 g/mol. The van der Waals surface area contributed by atoms with E-state index < -0.39 is 0 Å². The van der Waals surface area contributed by atoms with Gasteiger partial charge >= 0.3 is 0 Å². The van der Waals surface area contributed by atoms with Crippen LogP contribution in [0.5, 0.6) is 0 Å². The lowest BCUT2D eigenvalue weighted by Crippen LogP contribution is -2.13. The van der Waals surface area contributed by atoms with Crippen LogP contribution in [-0.4, -0.2) is 15.8 Å². The summed E-state index contributed by atoms with van der Waals surface area (Å²) in [6.07, 6.45) is 2.44. The molecule has 11 heavy (non-hydrogen) atoms. The van der Waals surface area contributed by atoms with Crippen molar-refractivity contribution in [1.82, 2.24) is 0 Å². The van der Waals surface area contributed by atoms with Gasteiger partial charge in [0.15, 0.2) is 0 Å². The zero-order valence-corrected chi connectivity index (χ0v) is 8.66. The molecule has 2 heteroatoms. The normalized spacial score (nSPS) is 37.5. The maximum atomic E-state index is 4.67. The van der Waals surface area contributed by atoms with Crippen LogP contribution in [0.25, 0.3) is 0 Å². The van der Waals surface area contributed by atoms with Gasteiger partial charge in [0, 0.05) is 11.0 Å². The van der Waals surface area contributed by atoms with Gasteiger partial charge in [-0.1, -0.05) is 13.3 Å². The van der Waals surface area contributed by atoms with Crippen LogP contribution in [0, 0.1) is 0 Å². The molecule has 1 rings (SSSR count). The zero-order valence-electron chi connectivity index (χ0n) is 7.85. The quantitative estimate of drug-likeness (QED) is 0.622. The van der Waals surface area contributed by atoms with Crippen LogP contribution in [-0.2, 0) is 0 Å². The van der Waals surface area contributed by atoms with Crippen LogP contribution in [0.1, 0.15) is 40.5 Å². The van der Waals surface area contributed by atoms with Crippen LogP contribution in [0.2, 0.25) is 0 Å². The Morgan fingerprint density at radius 1 is 1.64 bits per heavy atom. The van der Waals surface area contributed by atoms with E-state index in [4.69, 9.17) is 0 Å². The molecule has 64 valence electrons. The highest BCUT2D eigenvalue weighted by atomic mass is 32.2. The van der Waals surface area contributed by atoms with Crippen molar-refractivity contribution in [2.75, 3.05) is 0 Å². The van der Waals surface area contributed by atoms with Crippen molar-refractivity contribution in [2.45, 2.75) is 50.7 Å². The zero-order chi connectivity index (χ0) is 8.48. The van der Waals surface area contributed by atoms with Crippen molar-refractivity contribution in [3.63, 3.8) is 0 Å². The fraction of sp³-hybridized carbons (Fsp3) is 0.889. The minimum absolute atomic E-state index is 0.193. The van der Waals surface area contributed by atoms with Gasteiger partial charge in [-0.05, 0) is 27.2 Å². The second kappa shape index (κ2) is 3.18. The van der Waals surface area contributed by atoms with E-state index in [1.165, 1.54) is 18.6 Å². The summed E-state index contributed by atoms with van der Waals surface area (Å²) in [7, 11) is 0. The molecule has 0 aromatic carbocycles. The Morgan fingerprint density at radius 2 is 2.27 bits per heavy atom. The van der Waals surface area contributed by atoms with Gasteiger partial charge in [-0.25, -0.2) is 0 Å².